The highest BCUT2D eigenvalue weighted by atomic mass is 32.2. The van der Waals surface area contributed by atoms with Crippen molar-refractivity contribution in [2.75, 3.05) is 19.5 Å². The van der Waals surface area contributed by atoms with E-state index in [1.165, 1.54) is 11.8 Å². The zero-order chi connectivity index (χ0) is 22.9. The van der Waals surface area contributed by atoms with E-state index in [2.05, 4.69) is 15.3 Å². The molecule has 1 aromatic heterocycles. The first-order valence-corrected chi connectivity index (χ1v) is 11.1. The molecule has 0 bridgehead atoms. The van der Waals surface area contributed by atoms with Gasteiger partial charge in [0.1, 0.15) is 11.6 Å². The molecular formula is C23H22N4O4S. The number of hydrogen-bond acceptors (Lipinski definition) is 7. The van der Waals surface area contributed by atoms with Crippen LogP contribution in [0.3, 0.4) is 0 Å². The molecule has 3 rings (SSSR count). The molecule has 8 nitrogen and oxygen atoms in total. The maximum atomic E-state index is 12.2. The average Bonchev–Trinajstić information content (AvgIpc) is 2.82. The summed E-state index contributed by atoms with van der Waals surface area (Å²) < 4.78 is 11.3. The molecule has 32 heavy (non-hydrogen) atoms. The fourth-order valence-corrected chi connectivity index (χ4v) is 3.27. The summed E-state index contributed by atoms with van der Waals surface area (Å²) in [6, 6.07) is 16.4. The van der Waals surface area contributed by atoms with Crippen LogP contribution in [-0.4, -0.2) is 35.3 Å². The monoisotopic (exact) mass is 450 g/mol. The molecule has 0 aliphatic heterocycles. The summed E-state index contributed by atoms with van der Waals surface area (Å²) in [7, 11) is 0. The molecule has 164 valence electrons. The average molecular weight is 451 g/mol. The van der Waals surface area contributed by atoms with Crippen LogP contribution in [0.15, 0.2) is 58.5 Å². The van der Waals surface area contributed by atoms with Gasteiger partial charge in [0.25, 0.3) is 11.5 Å². The number of nitrogens with zero attached hydrogens (tertiary/aromatic N) is 2. The number of aromatic nitrogens is 2. The molecule has 0 atom stereocenters. The third kappa shape index (κ3) is 5.68. The fourth-order valence-electron chi connectivity index (χ4n) is 2.90. The Morgan fingerprint density at radius 2 is 1.97 bits per heavy atom. The van der Waals surface area contributed by atoms with Gasteiger partial charge in [-0.2, -0.15) is 5.26 Å². The van der Waals surface area contributed by atoms with Crippen LogP contribution >= 0.6 is 11.8 Å². The zero-order valence-electron chi connectivity index (χ0n) is 17.7. The normalized spacial score (nSPS) is 10.3. The Labute approximate surface area is 189 Å². The van der Waals surface area contributed by atoms with E-state index >= 15 is 0 Å². The lowest BCUT2D eigenvalue weighted by atomic mass is 10.1. The molecule has 0 saturated heterocycles. The highest BCUT2D eigenvalue weighted by Gasteiger charge is 2.16. The van der Waals surface area contributed by atoms with Crippen molar-refractivity contribution in [1.29, 1.82) is 5.26 Å². The second kappa shape index (κ2) is 11.0. The van der Waals surface area contributed by atoms with Gasteiger partial charge in [-0.3, -0.25) is 9.59 Å². The third-order valence-corrected chi connectivity index (χ3v) is 4.99. The molecule has 9 heteroatoms. The van der Waals surface area contributed by atoms with Crippen LogP contribution in [0.4, 0.5) is 0 Å². The Bertz CT molecular complexity index is 1190. The number of H-pyrrole nitrogens is 1. The molecule has 2 aromatic carbocycles. The molecule has 0 fully saturated rings. The summed E-state index contributed by atoms with van der Waals surface area (Å²) in [6.45, 7) is 2.41. The largest absolute Gasteiger partial charge is 0.490 e. The molecule has 0 saturated carbocycles. The predicted octanol–water partition coefficient (Wildman–Crippen LogP) is 3.12. The second-order valence-corrected chi connectivity index (χ2v) is 7.35. The Kier molecular flexibility index (Phi) is 7.89. The number of nitriles is 1. The van der Waals surface area contributed by atoms with E-state index in [0.29, 0.717) is 35.4 Å². The summed E-state index contributed by atoms with van der Waals surface area (Å²) >= 11 is 1.27. The quantitative estimate of drug-likeness (QED) is 0.380. The Morgan fingerprint density at radius 1 is 1.19 bits per heavy atom. The van der Waals surface area contributed by atoms with Gasteiger partial charge < -0.3 is 19.8 Å². The summed E-state index contributed by atoms with van der Waals surface area (Å²) in [5.41, 5.74) is 1.19. The molecule has 0 aliphatic rings. The van der Waals surface area contributed by atoms with Crippen LogP contribution in [0.2, 0.25) is 0 Å². The van der Waals surface area contributed by atoms with Crippen molar-refractivity contribution >= 4 is 17.7 Å². The minimum absolute atomic E-state index is 0.0841. The van der Waals surface area contributed by atoms with Crippen LogP contribution in [0.5, 0.6) is 11.5 Å². The van der Waals surface area contributed by atoms with Crippen molar-refractivity contribution in [3.63, 3.8) is 0 Å². The van der Waals surface area contributed by atoms with Gasteiger partial charge in [0.15, 0.2) is 23.3 Å². The number of benzene rings is 2. The lowest BCUT2D eigenvalue weighted by molar-refractivity contribution is -0.123. The molecule has 0 spiro atoms. The van der Waals surface area contributed by atoms with Gasteiger partial charge in [-0.15, -0.1) is 0 Å². The lowest BCUT2D eigenvalue weighted by Crippen LogP contribution is -2.28. The van der Waals surface area contributed by atoms with Crippen LogP contribution in [0.1, 0.15) is 18.1 Å². The number of nitrogens with one attached hydrogen (secondary N) is 2. The lowest BCUT2D eigenvalue weighted by Gasteiger charge is -2.14. The van der Waals surface area contributed by atoms with Gasteiger partial charge in [0, 0.05) is 12.1 Å². The second-order valence-electron chi connectivity index (χ2n) is 6.56. The number of thioether (sulfide) groups is 1. The van der Waals surface area contributed by atoms with Crippen molar-refractivity contribution in [2.24, 2.45) is 0 Å². The van der Waals surface area contributed by atoms with Crippen LogP contribution < -0.4 is 20.3 Å². The number of rotatable bonds is 9. The smallest absolute Gasteiger partial charge is 0.270 e. The van der Waals surface area contributed by atoms with Gasteiger partial charge in [0.2, 0.25) is 0 Å². The molecule has 3 aromatic rings. The van der Waals surface area contributed by atoms with Gasteiger partial charge in [-0.1, -0.05) is 42.1 Å². The number of ether oxygens (including phenoxy) is 2. The molecule has 2 N–H and O–H groups in total. The van der Waals surface area contributed by atoms with E-state index in [9.17, 15) is 14.9 Å². The van der Waals surface area contributed by atoms with Crippen LogP contribution in [0.25, 0.3) is 11.3 Å². The molecule has 0 aliphatic carbocycles. The molecule has 1 heterocycles. The first kappa shape index (κ1) is 22.9. The third-order valence-electron chi connectivity index (χ3n) is 4.41. The number of carbonyl (C=O) groups is 1. The van der Waals surface area contributed by atoms with E-state index in [4.69, 9.17) is 9.47 Å². The van der Waals surface area contributed by atoms with Crippen LogP contribution in [0, 0.1) is 11.3 Å². The Hall–Kier alpha value is -3.77. The summed E-state index contributed by atoms with van der Waals surface area (Å²) in [6.07, 6.45) is 1.78. The number of carbonyl (C=O) groups excluding carboxylic acids is 1. The molecule has 1 amide bonds. The number of aromatic amines is 1. The SMILES string of the molecule is CCOc1cc(-c2nc(SC)[nH]c(=O)c2C#N)ccc1OCC(=O)NCc1ccccc1. The van der Waals surface area contributed by atoms with Gasteiger partial charge in [-0.05, 0) is 36.9 Å². The van der Waals surface area contributed by atoms with Crippen molar-refractivity contribution < 1.29 is 14.3 Å². The maximum absolute atomic E-state index is 12.2. The van der Waals surface area contributed by atoms with Crippen molar-refractivity contribution in [1.82, 2.24) is 15.3 Å². The fraction of sp³-hybridized carbons (Fsp3) is 0.217. The minimum atomic E-state index is -0.504. The van der Waals surface area contributed by atoms with E-state index in [0.717, 1.165) is 5.56 Å². The van der Waals surface area contributed by atoms with Crippen LogP contribution in [-0.2, 0) is 11.3 Å². The van der Waals surface area contributed by atoms with Crippen molar-refractivity contribution in [3.8, 4) is 28.8 Å². The van der Waals surface area contributed by atoms with E-state index < -0.39 is 5.56 Å². The van der Waals surface area contributed by atoms with Gasteiger partial charge >= 0.3 is 0 Å². The molecular weight excluding hydrogens is 428 g/mol. The number of amides is 1. The van der Waals surface area contributed by atoms with E-state index in [-0.39, 0.29) is 23.8 Å². The molecule has 0 radical (unpaired) electrons. The van der Waals surface area contributed by atoms with Crippen molar-refractivity contribution in [2.45, 2.75) is 18.6 Å². The van der Waals surface area contributed by atoms with E-state index in [1.54, 1.807) is 24.5 Å². The maximum Gasteiger partial charge on any atom is 0.270 e. The summed E-state index contributed by atoms with van der Waals surface area (Å²) in [5.74, 6) is 0.490. The van der Waals surface area contributed by atoms with Crippen molar-refractivity contribution in [3.05, 3.63) is 70.0 Å². The van der Waals surface area contributed by atoms with Gasteiger partial charge in [0.05, 0.1) is 12.3 Å². The Balaban J connectivity index is 1.78. The van der Waals surface area contributed by atoms with E-state index in [1.807, 2.05) is 43.3 Å². The predicted molar refractivity (Wildman–Crippen MR) is 122 cm³/mol. The highest BCUT2D eigenvalue weighted by Crippen LogP contribution is 2.33. The minimum Gasteiger partial charge on any atom is -0.490 e. The molecule has 0 unspecified atom stereocenters. The number of hydrogen-bond donors (Lipinski definition) is 2. The highest BCUT2D eigenvalue weighted by molar-refractivity contribution is 7.98. The standard InChI is InChI=1S/C23H22N4O4S/c1-3-30-19-11-16(21-17(12-24)22(29)27-23(26-21)32-2)9-10-18(19)31-14-20(28)25-13-15-7-5-4-6-8-15/h4-11H,3,13-14H2,1-2H3,(H,25,28)(H,26,27,29). The first-order chi connectivity index (χ1) is 15.5. The first-order valence-electron chi connectivity index (χ1n) is 9.84. The summed E-state index contributed by atoms with van der Waals surface area (Å²) in [4.78, 5) is 31.3. The topological polar surface area (TPSA) is 117 Å². The Morgan fingerprint density at radius 3 is 2.66 bits per heavy atom. The van der Waals surface area contributed by atoms with Gasteiger partial charge in [-0.25, -0.2) is 4.98 Å². The summed E-state index contributed by atoms with van der Waals surface area (Å²) in [5, 5.41) is 12.6. The zero-order valence-corrected chi connectivity index (χ0v) is 18.5.